The van der Waals surface area contributed by atoms with E-state index in [0.717, 1.165) is 6.42 Å². The Bertz CT molecular complexity index is 2240. The van der Waals surface area contributed by atoms with E-state index < -0.39 is 0 Å². The first-order valence-corrected chi connectivity index (χ1v) is 18.2. The van der Waals surface area contributed by atoms with Crippen molar-refractivity contribution in [3.8, 4) is 11.1 Å². The van der Waals surface area contributed by atoms with Gasteiger partial charge in [-0.1, -0.05) is 147 Å². The predicted octanol–water partition coefficient (Wildman–Crippen LogP) is 13.2. The van der Waals surface area contributed by atoms with Gasteiger partial charge >= 0.3 is 0 Å². The molecule has 246 valence electrons. The molecular weight excluding hydrogens is 577 g/mol. The van der Waals surface area contributed by atoms with Gasteiger partial charge in [0.1, 0.15) is 0 Å². The van der Waals surface area contributed by atoms with E-state index in [1.807, 2.05) is 0 Å². The predicted molar refractivity (Wildman–Crippen MR) is 208 cm³/mol. The summed E-state index contributed by atoms with van der Waals surface area (Å²) < 4.78 is 0. The van der Waals surface area contributed by atoms with Gasteiger partial charge in [-0.05, 0) is 128 Å². The molecule has 0 fully saturated rings. The van der Waals surface area contributed by atoms with Gasteiger partial charge < -0.3 is 0 Å². The molecule has 0 heteroatoms. The number of benzene rings is 4. The normalized spacial score (nSPS) is 21.6. The number of hydrogen-bond donors (Lipinski definition) is 0. The maximum Gasteiger partial charge on any atom is 0.0443 e. The SMILES string of the molecule is Cc1ccc2c(c1)C1=C(c3ccc4c(c3C1(C)C)-c1cc(C)c3c(C)cc(C)cc3c1C41C=C(C(C)(C)C)C=C(C(C)(C)C)C1)C2(C)C. The van der Waals surface area contributed by atoms with E-state index in [0.29, 0.717) is 0 Å². The number of fused-ring (bicyclic) bond motifs is 12. The van der Waals surface area contributed by atoms with Gasteiger partial charge in [0.15, 0.2) is 0 Å². The first-order chi connectivity index (χ1) is 22.2. The van der Waals surface area contributed by atoms with Gasteiger partial charge in [0.05, 0.1) is 0 Å². The van der Waals surface area contributed by atoms with Crippen molar-refractivity contribution in [2.45, 2.75) is 120 Å². The second-order valence-corrected chi connectivity index (χ2v) is 19.0. The number of aryl methyl sites for hydroxylation is 4. The zero-order valence-corrected chi connectivity index (χ0v) is 32.0. The van der Waals surface area contributed by atoms with E-state index in [1.54, 1.807) is 22.3 Å². The Kier molecular flexibility index (Phi) is 6.14. The monoisotopic (exact) mass is 630 g/mol. The summed E-state index contributed by atoms with van der Waals surface area (Å²) >= 11 is 0. The van der Waals surface area contributed by atoms with Crippen molar-refractivity contribution in [2.75, 3.05) is 0 Å². The third kappa shape index (κ3) is 3.90. The van der Waals surface area contributed by atoms with Crippen LogP contribution in [0.3, 0.4) is 0 Å². The lowest BCUT2D eigenvalue weighted by Gasteiger charge is -2.41. The molecule has 0 saturated heterocycles. The number of hydrogen-bond acceptors (Lipinski definition) is 0. The van der Waals surface area contributed by atoms with Crippen molar-refractivity contribution in [3.63, 3.8) is 0 Å². The summed E-state index contributed by atoms with van der Waals surface area (Å²) in [7, 11) is 0. The van der Waals surface area contributed by atoms with Crippen LogP contribution >= 0.6 is 0 Å². The second-order valence-electron chi connectivity index (χ2n) is 19.0. The average Bonchev–Trinajstić information content (AvgIpc) is 3.46. The smallest absolute Gasteiger partial charge is 0.0443 e. The molecule has 0 N–H and O–H groups in total. The van der Waals surface area contributed by atoms with E-state index >= 15 is 0 Å². The zero-order chi connectivity index (χ0) is 34.7. The van der Waals surface area contributed by atoms with Crippen LogP contribution in [-0.4, -0.2) is 0 Å². The highest BCUT2D eigenvalue weighted by molar-refractivity contribution is 6.13. The Balaban J connectivity index is 1.54. The molecule has 0 saturated carbocycles. The van der Waals surface area contributed by atoms with Crippen molar-refractivity contribution in [3.05, 3.63) is 127 Å². The van der Waals surface area contributed by atoms with Crippen molar-refractivity contribution in [1.29, 1.82) is 0 Å². The minimum atomic E-state index is -0.237. The van der Waals surface area contributed by atoms with Gasteiger partial charge in [-0.3, -0.25) is 0 Å². The van der Waals surface area contributed by atoms with Crippen LogP contribution in [0, 0.1) is 38.5 Å². The molecule has 0 amide bonds. The van der Waals surface area contributed by atoms with Crippen LogP contribution in [0.25, 0.3) is 33.0 Å². The largest absolute Gasteiger partial charge is 0.0655 e. The molecule has 4 aliphatic rings. The highest BCUT2D eigenvalue weighted by atomic mass is 14.6. The van der Waals surface area contributed by atoms with Crippen LogP contribution in [0.1, 0.15) is 131 Å². The summed E-state index contributed by atoms with van der Waals surface area (Å²) in [6, 6.07) is 19.7. The van der Waals surface area contributed by atoms with Crippen LogP contribution in [0.4, 0.5) is 0 Å². The zero-order valence-electron chi connectivity index (χ0n) is 32.0. The molecule has 48 heavy (non-hydrogen) atoms. The Morgan fingerprint density at radius 1 is 0.583 bits per heavy atom. The fourth-order valence-electron chi connectivity index (χ4n) is 10.5. The Hall–Kier alpha value is -3.64. The van der Waals surface area contributed by atoms with E-state index in [2.05, 4.69) is 158 Å². The molecular formula is C48H54. The van der Waals surface area contributed by atoms with Gasteiger partial charge in [0, 0.05) is 16.2 Å². The second kappa shape index (κ2) is 9.32. The number of rotatable bonds is 0. The van der Waals surface area contributed by atoms with Crippen LogP contribution in [-0.2, 0) is 16.2 Å². The van der Waals surface area contributed by atoms with Gasteiger partial charge in [0.25, 0.3) is 0 Å². The molecule has 4 aromatic carbocycles. The van der Waals surface area contributed by atoms with Gasteiger partial charge in [-0.15, -0.1) is 0 Å². The molecule has 4 aliphatic carbocycles. The first-order valence-electron chi connectivity index (χ1n) is 18.2. The van der Waals surface area contributed by atoms with Crippen molar-refractivity contribution >= 4 is 21.9 Å². The molecule has 0 bridgehead atoms. The molecule has 4 aromatic rings. The van der Waals surface area contributed by atoms with E-state index in [1.165, 1.54) is 77.5 Å². The maximum absolute atomic E-state index is 2.72. The summed E-state index contributed by atoms with van der Waals surface area (Å²) in [6.45, 7) is 33.6. The molecule has 1 atom stereocenters. The Morgan fingerprint density at radius 2 is 1.23 bits per heavy atom. The highest BCUT2D eigenvalue weighted by Gasteiger charge is 2.55. The highest BCUT2D eigenvalue weighted by Crippen LogP contribution is 2.68. The Labute approximate surface area is 290 Å². The standard InChI is InChI=1S/C48H54/c1-26-15-17-36-33(20-26)43-42(46(36,11)12)32-16-18-37-39(41(32)47(43,13)14)35-22-29(4)38-28(3)19-27(2)21-34(38)40(35)48(37)24-30(44(5,6)7)23-31(25-48)45(8,9)10/h15-24H,25H2,1-14H3. The third-order valence-electron chi connectivity index (χ3n) is 12.7. The lowest BCUT2D eigenvalue weighted by molar-refractivity contribution is 0.432. The average molecular weight is 631 g/mol. The summed E-state index contributed by atoms with van der Waals surface area (Å²) in [6.07, 6.45) is 6.30. The molecule has 1 spiro atoms. The van der Waals surface area contributed by atoms with Crippen LogP contribution in [0.5, 0.6) is 0 Å². The van der Waals surface area contributed by atoms with E-state index in [9.17, 15) is 0 Å². The molecule has 0 heterocycles. The van der Waals surface area contributed by atoms with Gasteiger partial charge in [0.2, 0.25) is 0 Å². The minimum absolute atomic E-state index is 0.0312. The van der Waals surface area contributed by atoms with Crippen LogP contribution in [0.2, 0.25) is 0 Å². The molecule has 1 unspecified atom stereocenters. The summed E-state index contributed by atoms with van der Waals surface area (Å²) in [5.74, 6) is 0. The molecule has 8 rings (SSSR count). The third-order valence-corrected chi connectivity index (χ3v) is 12.7. The summed E-state index contributed by atoms with van der Waals surface area (Å²) in [4.78, 5) is 0. The van der Waals surface area contributed by atoms with E-state index in [-0.39, 0.29) is 27.1 Å². The van der Waals surface area contributed by atoms with Gasteiger partial charge in [-0.2, -0.15) is 0 Å². The minimum Gasteiger partial charge on any atom is -0.0655 e. The summed E-state index contributed by atoms with van der Waals surface area (Å²) in [5.41, 5.74) is 23.2. The van der Waals surface area contributed by atoms with Crippen LogP contribution in [0.15, 0.2) is 71.8 Å². The molecule has 0 radical (unpaired) electrons. The lowest BCUT2D eigenvalue weighted by Crippen LogP contribution is -2.32. The quantitative estimate of drug-likeness (QED) is 0.181. The van der Waals surface area contributed by atoms with Crippen molar-refractivity contribution in [1.82, 2.24) is 0 Å². The van der Waals surface area contributed by atoms with E-state index in [4.69, 9.17) is 0 Å². The van der Waals surface area contributed by atoms with Crippen LogP contribution < -0.4 is 0 Å². The first kappa shape index (κ1) is 31.6. The maximum atomic E-state index is 2.72. The fraction of sp³-hybridized carbons (Fsp3) is 0.417. The van der Waals surface area contributed by atoms with Crippen molar-refractivity contribution in [2.24, 2.45) is 10.8 Å². The molecule has 0 aromatic heterocycles. The molecule has 0 nitrogen and oxygen atoms in total. The lowest BCUT2D eigenvalue weighted by atomic mass is 9.62. The van der Waals surface area contributed by atoms with Gasteiger partial charge in [-0.25, -0.2) is 0 Å². The topological polar surface area (TPSA) is 0 Å². The fourth-order valence-corrected chi connectivity index (χ4v) is 10.5. The Morgan fingerprint density at radius 3 is 1.90 bits per heavy atom. The molecule has 0 aliphatic heterocycles. The van der Waals surface area contributed by atoms with Crippen molar-refractivity contribution < 1.29 is 0 Å². The number of allylic oxidation sites excluding steroid dienone is 6. The summed E-state index contributed by atoms with van der Waals surface area (Å²) in [5, 5.41) is 2.89.